The van der Waals surface area contributed by atoms with Crippen LogP contribution in [0.1, 0.15) is 62.0 Å². The lowest BCUT2D eigenvalue weighted by Gasteiger charge is -2.30. The van der Waals surface area contributed by atoms with Crippen molar-refractivity contribution in [2.24, 2.45) is 5.92 Å². The van der Waals surface area contributed by atoms with E-state index < -0.39 is 0 Å². The Morgan fingerprint density at radius 3 is 2.62 bits per heavy atom. The van der Waals surface area contributed by atoms with Gasteiger partial charge in [0.05, 0.1) is 0 Å². The predicted octanol–water partition coefficient (Wildman–Crippen LogP) is 7.31. The van der Waals surface area contributed by atoms with Gasteiger partial charge in [0.15, 0.2) is 0 Å². The molecule has 2 heterocycles. The Morgan fingerprint density at radius 1 is 1.00 bits per heavy atom. The summed E-state index contributed by atoms with van der Waals surface area (Å²) in [5.74, 6) is 0.811. The van der Waals surface area contributed by atoms with Gasteiger partial charge in [0.2, 0.25) is 0 Å². The van der Waals surface area contributed by atoms with Crippen LogP contribution >= 0.6 is 11.3 Å². The monoisotopic (exact) mass is 443 g/mol. The van der Waals surface area contributed by atoms with E-state index in [1.807, 2.05) is 11.3 Å². The van der Waals surface area contributed by atoms with E-state index in [-0.39, 0.29) is 11.8 Å². The highest BCUT2D eigenvalue weighted by molar-refractivity contribution is 7.17. The molecule has 166 valence electrons. The van der Waals surface area contributed by atoms with Gasteiger partial charge in [0, 0.05) is 29.6 Å². The van der Waals surface area contributed by atoms with E-state index in [0.717, 1.165) is 45.3 Å². The second kappa shape index (κ2) is 10.1. The molecule has 2 aromatic carbocycles. The van der Waals surface area contributed by atoms with Crippen LogP contribution in [0.25, 0.3) is 15.7 Å². The molecule has 0 bridgehead atoms. The molecule has 1 unspecified atom stereocenters. The SMILES string of the molecule is O=C(C1CCCCC1)C(CCN1CC=C(c2cccc3ccsc23)CC1)c1ccccc1. The number of ketones is 1. The zero-order valence-corrected chi connectivity index (χ0v) is 19.7. The number of Topliss-reactive ketones (excluding diaryl/α,β-unsaturated/α-hetero) is 1. The van der Waals surface area contributed by atoms with Crippen LogP contribution in [0.5, 0.6) is 0 Å². The summed E-state index contributed by atoms with van der Waals surface area (Å²) in [6, 6.07) is 19.4. The lowest BCUT2D eigenvalue weighted by atomic mass is 9.78. The quantitative estimate of drug-likeness (QED) is 0.381. The Morgan fingerprint density at radius 2 is 1.84 bits per heavy atom. The Balaban J connectivity index is 1.26. The Bertz CT molecular complexity index is 1080. The number of nitrogens with zero attached hydrogens (tertiary/aromatic N) is 1. The maximum absolute atomic E-state index is 13.5. The predicted molar refractivity (Wildman–Crippen MR) is 136 cm³/mol. The highest BCUT2D eigenvalue weighted by atomic mass is 32.1. The number of benzene rings is 2. The van der Waals surface area contributed by atoms with Gasteiger partial charge in [-0.3, -0.25) is 9.69 Å². The van der Waals surface area contributed by atoms with Crippen LogP contribution in [0.15, 0.2) is 66.1 Å². The number of carbonyl (C=O) groups excluding carboxylic acids is 1. The van der Waals surface area contributed by atoms with Gasteiger partial charge in [-0.05, 0) is 65.8 Å². The molecule has 2 nitrogen and oxygen atoms in total. The first-order chi connectivity index (χ1) is 15.8. The summed E-state index contributed by atoms with van der Waals surface area (Å²) in [5, 5.41) is 3.54. The van der Waals surface area contributed by atoms with Gasteiger partial charge in [0.1, 0.15) is 5.78 Å². The van der Waals surface area contributed by atoms with Gasteiger partial charge in [0.25, 0.3) is 0 Å². The highest BCUT2D eigenvalue weighted by Gasteiger charge is 2.29. The standard InChI is InChI=1S/C29H33NOS/c31-28(24-10-5-2-6-11-24)26(22-8-3-1-4-9-22)16-20-30-18-14-23(15-19-30)27-13-7-12-25-17-21-32-29(25)27/h1,3-4,7-9,12-14,17,21,24,26H,2,5-6,10-11,15-16,18-20H2. The minimum absolute atomic E-state index is 0.0459. The van der Waals surface area contributed by atoms with Crippen molar-refractivity contribution in [2.75, 3.05) is 19.6 Å². The maximum Gasteiger partial charge on any atom is 0.143 e. The molecule has 2 aliphatic rings. The summed E-state index contributed by atoms with van der Waals surface area (Å²) >= 11 is 1.84. The summed E-state index contributed by atoms with van der Waals surface area (Å²) in [5.41, 5.74) is 4.10. The molecule has 0 saturated heterocycles. The summed E-state index contributed by atoms with van der Waals surface area (Å²) in [6.07, 6.45) is 10.3. The van der Waals surface area contributed by atoms with Crippen molar-refractivity contribution in [1.29, 1.82) is 0 Å². The molecular weight excluding hydrogens is 410 g/mol. The van der Waals surface area contributed by atoms with Gasteiger partial charge < -0.3 is 0 Å². The lowest BCUT2D eigenvalue weighted by Crippen LogP contribution is -2.32. The highest BCUT2D eigenvalue weighted by Crippen LogP contribution is 2.34. The van der Waals surface area contributed by atoms with Crippen molar-refractivity contribution in [2.45, 2.75) is 50.9 Å². The first-order valence-corrected chi connectivity index (χ1v) is 13.1. The number of fused-ring (bicyclic) bond motifs is 1. The van der Waals surface area contributed by atoms with Crippen LogP contribution in [-0.2, 0) is 4.79 Å². The number of thiophene rings is 1. The van der Waals surface area contributed by atoms with Gasteiger partial charge in [-0.15, -0.1) is 11.3 Å². The third-order valence-electron chi connectivity index (χ3n) is 7.41. The molecule has 1 saturated carbocycles. The molecule has 1 aliphatic heterocycles. The van der Waals surface area contributed by atoms with Gasteiger partial charge in [-0.25, -0.2) is 0 Å². The molecule has 0 spiro atoms. The van der Waals surface area contributed by atoms with Crippen molar-refractivity contribution in [3.63, 3.8) is 0 Å². The largest absolute Gasteiger partial charge is 0.299 e. The van der Waals surface area contributed by atoms with E-state index in [1.165, 1.54) is 46.0 Å². The van der Waals surface area contributed by atoms with E-state index in [4.69, 9.17) is 0 Å². The number of rotatable bonds is 7. The van der Waals surface area contributed by atoms with Gasteiger partial charge >= 0.3 is 0 Å². The zero-order chi connectivity index (χ0) is 21.8. The average Bonchev–Trinajstić information content (AvgIpc) is 3.35. The van der Waals surface area contributed by atoms with E-state index in [1.54, 1.807) is 0 Å². The van der Waals surface area contributed by atoms with Crippen LogP contribution in [0.2, 0.25) is 0 Å². The molecule has 1 aliphatic carbocycles. The smallest absolute Gasteiger partial charge is 0.143 e. The van der Waals surface area contributed by atoms with E-state index in [0.29, 0.717) is 5.78 Å². The van der Waals surface area contributed by atoms with Crippen LogP contribution < -0.4 is 0 Å². The first kappa shape index (κ1) is 21.6. The first-order valence-electron chi connectivity index (χ1n) is 12.3. The van der Waals surface area contributed by atoms with E-state index in [9.17, 15) is 4.79 Å². The fourth-order valence-corrected chi connectivity index (χ4v) is 6.50. The third kappa shape index (κ3) is 4.74. The van der Waals surface area contributed by atoms with Crippen LogP contribution in [0, 0.1) is 5.92 Å². The number of hydrogen-bond acceptors (Lipinski definition) is 3. The fraction of sp³-hybridized carbons (Fsp3) is 0.414. The summed E-state index contributed by atoms with van der Waals surface area (Å²) < 4.78 is 1.41. The molecular formula is C29H33NOS. The van der Waals surface area contributed by atoms with E-state index >= 15 is 0 Å². The van der Waals surface area contributed by atoms with Crippen molar-refractivity contribution >= 4 is 32.8 Å². The molecule has 1 atom stereocenters. The summed E-state index contributed by atoms with van der Waals surface area (Å²) in [6.45, 7) is 3.05. The molecule has 5 rings (SSSR count). The Kier molecular flexibility index (Phi) is 6.85. The minimum atomic E-state index is 0.0459. The second-order valence-corrected chi connectivity index (χ2v) is 10.3. The van der Waals surface area contributed by atoms with Crippen molar-refractivity contribution in [1.82, 2.24) is 4.90 Å². The maximum atomic E-state index is 13.5. The van der Waals surface area contributed by atoms with Gasteiger partial charge in [-0.1, -0.05) is 73.9 Å². The molecule has 1 aromatic heterocycles. The average molecular weight is 444 g/mol. The van der Waals surface area contributed by atoms with Crippen LogP contribution in [0.4, 0.5) is 0 Å². The molecule has 1 fully saturated rings. The molecule has 3 heteroatoms. The van der Waals surface area contributed by atoms with Crippen molar-refractivity contribution in [3.05, 3.63) is 77.2 Å². The lowest BCUT2D eigenvalue weighted by molar-refractivity contribution is -0.125. The number of hydrogen-bond donors (Lipinski definition) is 0. The third-order valence-corrected chi connectivity index (χ3v) is 8.37. The normalized spacial score (nSPS) is 19.1. The topological polar surface area (TPSA) is 20.3 Å². The van der Waals surface area contributed by atoms with Crippen LogP contribution in [0.3, 0.4) is 0 Å². The number of carbonyl (C=O) groups is 1. The Hall–Kier alpha value is -2.23. The minimum Gasteiger partial charge on any atom is -0.299 e. The fourth-order valence-electron chi connectivity index (χ4n) is 5.55. The molecule has 3 aromatic rings. The zero-order valence-electron chi connectivity index (χ0n) is 18.8. The summed E-state index contributed by atoms with van der Waals surface area (Å²) in [7, 11) is 0. The second-order valence-electron chi connectivity index (χ2n) is 9.41. The Labute approximate surface area is 196 Å². The summed E-state index contributed by atoms with van der Waals surface area (Å²) in [4.78, 5) is 16.0. The van der Waals surface area contributed by atoms with Crippen LogP contribution in [-0.4, -0.2) is 30.3 Å². The molecule has 0 N–H and O–H groups in total. The molecule has 32 heavy (non-hydrogen) atoms. The van der Waals surface area contributed by atoms with Gasteiger partial charge in [-0.2, -0.15) is 0 Å². The molecule has 0 radical (unpaired) electrons. The van der Waals surface area contributed by atoms with E-state index in [2.05, 4.69) is 71.0 Å². The molecule has 0 amide bonds. The van der Waals surface area contributed by atoms with Crippen molar-refractivity contribution in [3.8, 4) is 0 Å². The van der Waals surface area contributed by atoms with Crippen molar-refractivity contribution < 1.29 is 4.79 Å².